The van der Waals surface area contributed by atoms with Crippen molar-refractivity contribution in [3.8, 4) is 5.75 Å². The lowest BCUT2D eigenvalue weighted by Crippen LogP contribution is -2.48. The summed E-state index contributed by atoms with van der Waals surface area (Å²) in [5, 5.41) is 2.78. The Morgan fingerprint density at radius 1 is 1.07 bits per heavy atom. The van der Waals surface area contributed by atoms with E-state index in [2.05, 4.69) is 19.2 Å². The molecule has 0 unspecified atom stereocenters. The lowest BCUT2D eigenvalue weighted by molar-refractivity contribution is -0.121. The van der Waals surface area contributed by atoms with Crippen LogP contribution in [0.4, 0.5) is 5.69 Å². The first kappa shape index (κ1) is 23.7. The van der Waals surface area contributed by atoms with Crippen LogP contribution in [0.5, 0.6) is 5.75 Å². The molecular weight excluding hydrogens is 400 g/mol. The van der Waals surface area contributed by atoms with Crippen molar-refractivity contribution in [3.05, 3.63) is 59.2 Å². The van der Waals surface area contributed by atoms with Crippen molar-refractivity contribution in [3.63, 3.8) is 0 Å². The third kappa shape index (κ3) is 6.23. The molecule has 0 spiro atoms. The number of nitrogens with one attached hydrogen (secondary N) is 1. The van der Waals surface area contributed by atoms with Crippen LogP contribution < -0.4 is 14.4 Å². The van der Waals surface area contributed by atoms with Gasteiger partial charge in [0.05, 0.1) is 18.5 Å². The minimum Gasteiger partial charge on any atom is -0.491 e. The van der Waals surface area contributed by atoms with E-state index >= 15 is 0 Å². The van der Waals surface area contributed by atoms with Gasteiger partial charge in [-0.3, -0.25) is 9.10 Å². The van der Waals surface area contributed by atoms with Gasteiger partial charge in [0.15, 0.2) is 0 Å². The van der Waals surface area contributed by atoms with Crippen molar-refractivity contribution >= 4 is 21.6 Å². The van der Waals surface area contributed by atoms with Gasteiger partial charge in [-0.25, -0.2) is 8.42 Å². The molecule has 164 valence electrons. The van der Waals surface area contributed by atoms with Crippen LogP contribution in [0, 0.1) is 13.8 Å². The summed E-state index contributed by atoms with van der Waals surface area (Å²) < 4.78 is 31.9. The van der Waals surface area contributed by atoms with Crippen LogP contribution in [-0.2, 0) is 14.8 Å². The Balaban J connectivity index is 2.04. The maximum absolute atomic E-state index is 12.7. The highest BCUT2D eigenvalue weighted by molar-refractivity contribution is 7.92. The predicted octanol–water partition coefficient (Wildman–Crippen LogP) is 3.78. The molecule has 7 heteroatoms. The second-order valence-electron chi connectivity index (χ2n) is 7.91. The van der Waals surface area contributed by atoms with Crippen molar-refractivity contribution < 1.29 is 17.9 Å². The topological polar surface area (TPSA) is 75.7 Å². The molecule has 6 nitrogen and oxygen atoms in total. The molecule has 1 atom stereocenters. The molecule has 1 N–H and O–H groups in total. The van der Waals surface area contributed by atoms with E-state index in [0.29, 0.717) is 18.2 Å². The Morgan fingerprint density at radius 3 is 2.23 bits per heavy atom. The molecule has 0 fully saturated rings. The van der Waals surface area contributed by atoms with Gasteiger partial charge in [-0.2, -0.15) is 0 Å². The van der Waals surface area contributed by atoms with E-state index in [0.717, 1.165) is 33.0 Å². The molecule has 0 radical (unpaired) electrons. The highest BCUT2D eigenvalue weighted by Gasteiger charge is 2.29. The number of carbonyl (C=O) groups is 1. The van der Waals surface area contributed by atoms with E-state index in [1.807, 2.05) is 44.2 Å². The Morgan fingerprint density at radius 2 is 1.67 bits per heavy atom. The van der Waals surface area contributed by atoms with Gasteiger partial charge in [-0.05, 0) is 61.6 Å². The molecule has 2 aromatic rings. The van der Waals surface area contributed by atoms with Gasteiger partial charge in [-0.1, -0.05) is 38.1 Å². The van der Waals surface area contributed by atoms with Crippen LogP contribution in [0.1, 0.15) is 43.4 Å². The zero-order chi connectivity index (χ0) is 22.5. The Hall–Kier alpha value is -2.54. The number of para-hydroxylation sites is 1. The number of aryl methyl sites for hydroxylation is 2. The third-order valence-electron chi connectivity index (χ3n) is 4.75. The van der Waals surface area contributed by atoms with Crippen LogP contribution >= 0.6 is 0 Å². The second kappa shape index (κ2) is 9.98. The fourth-order valence-electron chi connectivity index (χ4n) is 3.46. The predicted molar refractivity (Wildman–Crippen MR) is 122 cm³/mol. The van der Waals surface area contributed by atoms with Crippen molar-refractivity contribution in [1.29, 1.82) is 0 Å². The summed E-state index contributed by atoms with van der Waals surface area (Å²) >= 11 is 0. The van der Waals surface area contributed by atoms with Gasteiger partial charge in [0.1, 0.15) is 18.4 Å². The molecule has 0 aliphatic rings. The van der Waals surface area contributed by atoms with Gasteiger partial charge < -0.3 is 10.1 Å². The Kier molecular flexibility index (Phi) is 7.89. The number of nitrogens with zero attached hydrogens (tertiary/aromatic N) is 1. The summed E-state index contributed by atoms with van der Waals surface area (Å²) in [4.78, 5) is 12.7. The van der Waals surface area contributed by atoms with Crippen LogP contribution in [-0.4, -0.2) is 39.8 Å². The molecule has 30 heavy (non-hydrogen) atoms. The maximum Gasteiger partial charge on any atom is 0.243 e. The van der Waals surface area contributed by atoms with E-state index in [1.165, 1.54) is 0 Å². The molecule has 2 aromatic carbocycles. The third-order valence-corrected chi connectivity index (χ3v) is 5.99. The fourth-order valence-corrected chi connectivity index (χ4v) is 4.62. The zero-order valence-corrected chi connectivity index (χ0v) is 19.4. The summed E-state index contributed by atoms with van der Waals surface area (Å²) in [6.45, 7) is 10.1. The molecule has 0 heterocycles. The van der Waals surface area contributed by atoms with Gasteiger partial charge >= 0.3 is 0 Å². The molecule has 2 rings (SSSR count). The number of hydrogen-bond donors (Lipinski definition) is 1. The number of ether oxygens (including phenoxy) is 1. The molecular formula is C23H32N2O4S. The number of hydrogen-bond acceptors (Lipinski definition) is 4. The number of anilines is 1. The summed E-state index contributed by atoms with van der Waals surface area (Å²) in [5.74, 6) is 0.750. The van der Waals surface area contributed by atoms with Crippen molar-refractivity contribution in [1.82, 2.24) is 5.32 Å². The first-order valence-electron chi connectivity index (χ1n) is 10.1. The van der Waals surface area contributed by atoms with Crippen molar-refractivity contribution in [2.24, 2.45) is 0 Å². The fraction of sp³-hybridized carbons (Fsp3) is 0.435. The Bertz CT molecular complexity index is 966. The molecule has 0 aliphatic heterocycles. The normalized spacial score (nSPS) is 12.5. The van der Waals surface area contributed by atoms with Crippen molar-refractivity contribution in [2.45, 2.75) is 46.6 Å². The number of benzene rings is 2. The number of amides is 1. The SMILES string of the molecule is Cc1cc(C)cc(N([C@@H](C)C(=O)NCCOc2ccccc2C(C)C)S(C)(=O)=O)c1. The molecule has 1 amide bonds. The summed E-state index contributed by atoms with van der Waals surface area (Å²) in [7, 11) is -3.64. The second-order valence-corrected chi connectivity index (χ2v) is 9.77. The highest BCUT2D eigenvalue weighted by atomic mass is 32.2. The quantitative estimate of drug-likeness (QED) is 0.612. The molecule has 0 aromatic heterocycles. The van der Waals surface area contributed by atoms with Gasteiger partial charge in [-0.15, -0.1) is 0 Å². The summed E-state index contributed by atoms with van der Waals surface area (Å²) in [6, 6.07) is 12.4. The maximum atomic E-state index is 12.7. The monoisotopic (exact) mass is 432 g/mol. The first-order chi connectivity index (χ1) is 14.0. The number of sulfonamides is 1. The van der Waals surface area contributed by atoms with E-state index < -0.39 is 16.1 Å². The minimum absolute atomic E-state index is 0.278. The lowest BCUT2D eigenvalue weighted by Gasteiger charge is -2.28. The van der Waals surface area contributed by atoms with E-state index in [-0.39, 0.29) is 12.5 Å². The lowest BCUT2D eigenvalue weighted by atomic mass is 10.0. The van der Waals surface area contributed by atoms with Crippen molar-refractivity contribution in [2.75, 3.05) is 23.7 Å². The smallest absolute Gasteiger partial charge is 0.243 e. The highest BCUT2D eigenvalue weighted by Crippen LogP contribution is 2.26. The van der Waals surface area contributed by atoms with E-state index in [1.54, 1.807) is 19.1 Å². The van der Waals surface area contributed by atoms with Crippen LogP contribution in [0.25, 0.3) is 0 Å². The largest absolute Gasteiger partial charge is 0.491 e. The average Bonchev–Trinajstić information content (AvgIpc) is 2.63. The van der Waals surface area contributed by atoms with Gasteiger partial charge in [0.2, 0.25) is 15.9 Å². The van der Waals surface area contributed by atoms with Crippen LogP contribution in [0.15, 0.2) is 42.5 Å². The average molecular weight is 433 g/mol. The zero-order valence-electron chi connectivity index (χ0n) is 18.6. The van der Waals surface area contributed by atoms with E-state index in [4.69, 9.17) is 4.74 Å². The first-order valence-corrected chi connectivity index (χ1v) is 11.9. The molecule has 0 saturated carbocycles. The standard InChI is InChI=1S/C23H32N2O4S/c1-16(2)21-9-7-8-10-22(21)29-12-11-24-23(26)19(5)25(30(6,27)28)20-14-17(3)13-18(4)15-20/h7-10,13-16,19H,11-12H2,1-6H3,(H,24,26)/t19-/m0/s1. The minimum atomic E-state index is -3.64. The van der Waals surface area contributed by atoms with Gasteiger partial charge in [0, 0.05) is 0 Å². The van der Waals surface area contributed by atoms with E-state index in [9.17, 15) is 13.2 Å². The Labute approximate surface area is 180 Å². The number of rotatable bonds is 9. The summed E-state index contributed by atoms with van der Waals surface area (Å²) in [6.07, 6.45) is 1.11. The van der Waals surface area contributed by atoms with Gasteiger partial charge in [0.25, 0.3) is 0 Å². The molecule has 0 aliphatic carbocycles. The summed E-state index contributed by atoms with van der Waals surface area (Å²) in [5.41, 5.74) is 3.46. The molecule has 0 bridgehead atoms. The van der Waals surface area contributed by atoms with Crippen LogP contribution in [0.3, 0.4) is 0 Å². The molecule has 0 saturated heterocycles. The van der Waals surface area contributed by atoms with Crippen LogP contribution in [0.2, 0.25) is 0 Å². The number of carbonyl (C=O) groups excluding carboxylic acids is 1.